The molecule has 4 nitrogen and oxygen atoms in total. The van der Waals surface area contributed by atoms with E-state index in [0.29, 0.717) is 11.5 Å². The van der Waals surface area contributed by atoms with E-state index >= 15 is 0 Å². The number of carbonyl (C=O) groups excluding carboxylic acids is 1. The maximum absolute atomic E-state index is 12.1. The Morgan fingerprint density at radius 1 is 1.19 bits per heavy atom. The molecule has 0 saturated carbocycles. The van der Waals surface area contributed by atoms with E-state index in [0.717, 1.165) is 38.9 Å². The molecule has 1 saturated heterocycles. The van der Waals surface area contributed by atoms with E-state index in [1.165, 1.54) is 6.42 Å². The van der Waals surface area contributed by atoms with Crippen LogP contribution < -0.4 is 5.32 Å². The molecule has 1 amide bonds. The predicted octanol–water partition coefficient (Wildman–Crippen LogP) is 3.80. The first kappa shape index (κ1) is 18.3. The number of nitrogens with one attached hydrogen (secondary N) is 1. The minimum Gasteiger partial charge on any atom is -0.444 e. The second kappa shape index (κ2) is 7.48. The van der Waals surface area contributed by atoms with Crippen LogP contribution in [0.25, 0.3) is 0 Å². The van der Waals surface area contributed by atoms with Crippen LogP contribution in [-0.2, 0) is 4.74 Å². The molecule has 1 atom stereocenters. The Hall–Kier alpha value is -0.770. The Morgan fingerprint density at radius 3 is 2.43 bits per heavy atom. The summed E-state index contributed by atoms with van der Waals surface area (Å²) < 4.78 is 5.47. The highest BCUT2D eigenvalue weighted by molar-refractivity contribution is 5.68. The number of rotatable bonds is 4. The zero-order valence-electron chi connectivity index (χ0n) is 14.8. The number of nitrogens with zero attached hydrogens (tertiary/aromatic N) is 1. The highest BCUT2D eigenvalue weighted by Gasteiger charge is 2.25. The first-order valence-corrected chi connectivity index (χ1v) is 8.34. The molecule has 21 heavy (non-hydrogen) atoms. The van der Waals surface area contributed by atoms with Gasteiger partial charge in [-0.3, -0.25) is 0 Å². The Bertz CT molecular complexity index is 334. The topological polar surface area (TPSA) is 41.6 Å². The van der Waals surface area contributed by atoms with Crippen LogP contribution in [0.1, 0.15) is 67.2 Å². The van der Waals surface area contributed by atoms with Gasteiger partial charge in [-0.15, -0.1) is 0 Å². The Labute approximate surface area is 130 Å². The number of hydrogen-bond donors (Lipinski definition) is 1. The van der Waals surface area contributed by atoms with Crippen LogP contribution in [0.4, 0.5) is 4.79 Å². The number of carbonyl (C=O) groups is 1. The van der Waals surface area contributed by atoms with Crippen molar-refractivity contribution >= 4 is 6.09 Å². The summed E-state index contributed by atoms with van der Waals surface area (Å²) >= 11 is 0. The molecule has 1 unspecified atom stereocenters. The standard InChI is InChI=1S/C17H34N2O2/c1-7-17(5,6)13-18-14-9-8-11-19(12-10-14)15(20)21-16(2,3)4/h14,18H,7-13H2,1-6H3. The minimum absolute atomic E-state index is 0.169. The molecule has 0 aromatic carbocycles. The quantitative estimate of drug-likeness (QED) is 0.858. The molecule has 1 heterocycles. The Kier molecular flexibility index (Phi) is 6.51. The molecule has 4 heteroatoms. The van der Waals surface area contributed by atoms with Gasteiger partial charge in [-0.2, -0.15) is 0 Å². The summed E-state index contributed by atoms with van der Waals surface area (Å²) in [6.45, 7) is 15.2. The molecule has 1 aliphatic heterocycles. The van der Waals surface area contributed by atoms with Gasteiger partial charge in [-0.25, -0.2) is 4.79 Å². The molecule has 0 aromatic heterocycles. The maximum atomic E-state index is 12.1. The number of amides is 1. The fourth-order valence-electron chi connectivity index (χ4n) is 2.36. The fourth-order valence-corrected chi connectivity index (χ4v) is 2.36. The average molecular weight is 298 g/mol. The molecule has 1 fully saturated rings. The lowest BCUT2D eigenvalue weighted by atomic mass is 9.90. The average Bonchev–Trinajstić information content (AvgIpc) is 2.60. The third kappa shape index (κ3) is 7.16. The molecule has 124 valence electrons. The van der Waals surface area contributed by atoms with Crippen molar-refractivity contribution in [2.24, 2.45) is 5.41 Å². The largest absolute Gasteiger partial charge is 0.444 e. The second-order valence-electron chi connectivity index (χ2n) is 7.99. The van der Waals surface area contributed by atoms with Crippen molar-refractivity contribution in [1.29, 1.82) is 0 Å². The van der Waals surface area contributed by atoms with E-state index in [-0.39, 0.29) is 6.09 Å². The summed E-state index contributed by atoms with van der Waals surface area (Å²) in [7, 11) is 0. The summed E-state index contributed by atoms with van der Waals surface area (Å²) in [6.07, 6.45) is 4.20. The molecule has 0 bridgehead atoms. The molecule has 1 rings (SSSR count). The van der Waals surface area contributed by atoms with Gasteiger partial charge in [-0.1, -0.05) is 20.8 Å². The van der Waals surface area contributed by atoms with Crippen LogP contribution in [0.3, 0.4) is 0 Å². The number of ether oxygens (including phenoxy) is 1. The normalized spacial score (nSPS) is 21.0. The van der Waals surface area contributed by atoms with Crippen molar-refractivity contribution in [3.63, 3.8) is 0 Å². The number of likely N-dealkylation sites (tertiary alicyclic amines) is 1. The van der Waals surface area contributed by atoms with Gasteiger partial charge < -0.3 is 15.0 Å². The zero-order valence-corrected chi connectivity index (χ0v) is 14.8. The highest BCUT2D eigenvalue weighted by atomic mass is 16.6. The predicted molar refractivity (Wildman–Crippen MR) is 87.5 cm³/mol. The van der Waals surface area contributed by atoms with Crippen molar-refractivity contribution in [3.05, 3.63) is 0 Å². The van der Waals surface area contributed by atoms with E-state index in [1.807, 2.05) is 25.7 Å². The van der Waals surface area contributed by atoms with Crippen molar-refractivity contribution in [3.8, 4) is 0 Å². The van der Waals surface area contributed by atoms with E-state index in [2.05, 4.69) is 26.1 Å². The van der Waals surface area contributed by atoms with Crippen LogP contribution in [0.5, 0.6) is 0 Å². The smallest absolute Gasteiger partial charge is 0.410 e. The SMILES string of the molecule is CCC(C)(C)CNC1CCCN(C(=O)OC(C)(C)C)CC1. The summed E-state index contributed by atoms with van der Waals surface area (Å²) in [6, 6.07) is 0.517. The lowest BCUT2D eigenvalue weighted by Crippen LogP contribution is -2.39. The van der Waals surface area contributed by atoms with E-state index in [4.69, 9.17) is 4.74 Å². The van der Waals surface area contributed by atoms with Crippen LogP contribution in [0.2, 0.25) is 0 Å². The third-order valence-corrected chi connectivity index (χ3v) is 4.21. The Balaban J connectivity index is 2.42. The minimum atomic E-state index is -0.411. The van der Waals surface area contributed by atoms with Gasteiger partial charge in [0.05, 0.1) is 0 Å². The zero-order chi connectivity index (χ0) is 16.1. The van der Waals surface area contributed by atoms with E-state index in [9.17, 15) is 4.79 Å². The van der Waals surface area contributed by atoms with Gasteiger partial charge in [0.2, 0.25) is 0 Å². The molecule has 1 N–H and O–H groups in total. The molecule has 0 aliphatic carbocycles. The van der Waals surface area contributed by atoms with Crippen LogP contribution in [0, 0.1) is 5.41 Å². The van der Waals surface area contributed by atoms with Gasteiger partial charge in [-0.05, 0) is 51.9 Å². The van der Waals surface area contributed by atoms with Crippen molar-refractivity contribution in [2.45, 2.75) is 78.9 Å². The molecule has 1 aliphatic rings. The summed E-state index contributed by atoms with van der Waals surface area (Å²) in [5.41, 5.74) is -0.0661. The first-order valence-electron chi connectivity index (χ1n) is 8.34. The molecular formula is C17H34N2O2. The van der Waals surface area contributed by atoms with Gasteiger partial charge in [0.1, 0.15) is 5.60 Å². The summed E-state index contributed by atoms with van der Waals surface area (Å²) in [5.74, 6) is 0. The van der Waals surface area contributed by atoms with Crippen molar-refractivity contribution in [1.82, 2.24) is 10.2 Å². The molecular weight excluding hydrogens is 264 g/mol. The fraction of sp³-hybridized carbons (Fsp3) is 0.941. The summed E-state index contributed by atoms with van der Waals surface area (Å²) in [4.78, 5) is 14.0. The monoisotopic (exact) mass is 298 g/mol. The number of hydrogen-bond acceptors (Lipinski definition) is 3. The third-order valence-electron chi connectivity index (χ3n) is 4.21. The lowest BCUT2D eigenvalue weighted by molar-refractivity contribution is 0.0256. The van der Waals surface area contributed by atoms with Crippen LogP contribution in [0.15, 0.2) is 0 Å². The van der Waals surface area contributed by atoms with Crippen LogP contribution in [-0.4, -0.2) is 42.3 Å². The second-order valence-corrected chi connectivity index (χ2v) is 7.99. The first-order chi connectivity index (χ1) is 9.63. The molecule has 0 radical (unpaired) electrons. The molecule has 0 aromatic rings. The van der Waals surface area contributed by atoms with Gasteiger partial charge >= 0.3 is 6.09 Å². The van der Waals surface area contributed by atoms with E-state index < -0.39 is 5.60 Å². The van der Waals surface area contributed by atoms with Crippen molar-refractivity contribution < 1.29 is 9.53 Å². The molecule has 0 spiro atoms. The van der Waals surface area contributed by atoms with Crippen molar-refractivity contribution in [2.75, 3.05) is 19.6 Å². The highest BCUT2D eigenvalue weighted by Crippen LogP contribution is 2.20. The van der Waals surface area contributed by atoms with Gasteiger partial charge in [0.25, 0.3) is 0 Å². The van der Waals surface area contributed by atoms with Gasteiger partial charge in [0, 0.05) is 25.7 Å². The van der Waals surface area contributed by atoms with E-state index in [1.54, 1.807) is 0 Å². The maximum Gasteiger partial charge on any atom is 0.410 e. The lowest BCUT2D eigenvalue weighted by Gasteiger charge is -2.27. The van der Waals surface area contributed by atoms with Crippen LogP contribution >= 0.6 is 0 Å². The van der Waals surface area contributed by atoms with Gasteiger partial charge in [0.15, 0.2) is 0 Å². The summed E-state index contributed by atoms with van der Waals surface area (Å²) in [5, 5.41) is 3.68. The Morgan fingerprint density at radius 2 is 1.86 bits per heavy atom.